The van der Waals surface area contributed by atoms with Gasteiger partial charge in [0.15, 0.2) is 0 Å². The highest BCUT2D eigenvalue weighted by Gasteiger charge is 2.23. The van der Waals surface area contributed by atoms with Crippen LogP contribution in [0, 0.1) is 5.82 Å². The molecule has 1 aliphatic heterocycles. The lowest BCUT2D eigenvalue weighted by Crippen LogP contribution is -2.34. The first-order valence-electron chi connectivity index (χ1n) is 11.5. The number of nitrogens with one attached hydrogen (secondary N) is 1. The van der Waals surface area contributed by atoms with Crippen LogP contribution in [0.5, 0.6) is 0 Å². The molecule has 3 heterocycles. The van der Waals surface area contributed by atoms with Crippen LogP contribution in [0.4, 0.5) is 4.39 Å². The van der Waals surface area contributed by atoms with Gasteiger partial charge in [0.1, 0.15) is 5.82 Å². The molecule has 0 saturated carbocycles. The predicted octanol–water partition coefficient (Wildman–Crippen LogP) is 4.72. The molecule has 1 saturated heterocycles. The third-order valence-electron chi connectivity index (χ3n) is 6.33. The van der Waals surface area contributed by atoms with Gasteiger partial charge in [0.25, 0.3) is 0 Å². The van der Waals surface area contributed by atoms with E-state index in [0.29, 0.717) is 5.92 Å². The molecular formula is C26H26ClFN4O4. The zero-order valence-corrected chi connectivity index (χ0v) is 20.2. The van der Waals surface area contributed by atoms with Gasteiger partial charge in [-0.25, -0.2) is 18.7 Å². The summed E-state index contributed by atoms with van der Waals surface area (Å²) in [6, 6.07) is 12.5. The van der Waals surface area contributed by atoms with Crippen LogP contribution in [0.25, 0.3) is 16.6 Å². The Kier molecular flexibility index (Phi) is 8.02. The maximum atomic E-state index is 13.1. The highest BCUT2D eigenvalue weighted by molar-refractivity contribution is 6.31. The number of aromatic amines is 1. The molecule has 3 N–H and O–H groups in total. The van der Waals surface area contributed by atoms with E-state index in [4.69, 9.17) is 31.4 Å². The van der Waals surface area contributed by atoms with Crippen LogP contribution in [0.15, 0.2) is 61.1 Å². The van der Waals surface area contributed by atoms with Crippen molar-refractivity contribution >= 4 is 34.4 Å². The van der Waals surface area contributed by atoms with Crippen LogP contribution in [0.3, 0.4) is 0 Å². The van der Waals surface area contributed by atoms with E-state index in [0.717, 1.165) is 55.1 Å². The molecule has 0 bridgehead atoms. The standard InChI is InChI=1S/C24H24ClFN4.C2H2O4/c25-19-1-6-24-22(13-19)23(15-27-24)18-8-11-29(12-9-18)10-7-17-14-28-30(16-17)21-4-2-20(26)3-5-21;3-1(4)2(5)6/h1-6,13-16,18,27H,7-12H2;(H,3,4)(H,5,6). The summed E-state index contributed by atoms with van der Waals surface area (Å²) >= 11 is 6.21. The van der Waals surface area contributed by atoms with Crippen molar-refractivity contribution in [2.75, 3.05) is 19.6 Å². The number of carboxylic acids is 2. The van der Waals surface area contributed by atoms with Crippen LogP contribution in [-0.2, 0) is 16.0 Å². The quantitative estimate of drug-likeness (QED) is 0.333. The zero-order chi connectivity index (χ0) is 25.7. The number of nitrogens with zero attached hydrogens (tertiary/aromatic N) is 3. The maximum absolute atomic E-state index is 13.1. The number of benzene rings is 2. The van der Waals surface area contributed by atoms with Gasteiger partial charge >= 0.3 is 11.9 Å². The molecule has 188 valence electrons. The molecular weight excluding hydrogens is 487 g/mol. The monoisotopic (exact) mass is 512 g/mol. The number of aliphatic carboxylic acids is 2. The van der Waals surface area contributed by atoms with Crippen LogP contribution in [0.2, 0.25) is 5.02 Å². The highest BCUT2D eigenvalue weighted by atomic mass is 35.5. The number of H-pyrrole nitrogens is 1. The average molecular weight is 513 g/mol. The molecule has 10 heteroatoms. The number of piperidine rings is 1. The van der Waals surface area contributed by atoms with E-state index in [-0.39, 0.29) is 5.82 Å². The fourth-order valence-electron chi connectivity index (χ4n) is 4.43. The fourth-order valence-corrected chi connectivity index (χ4v) is 4.60. The Morgan fingerprint density at radius 2 is 1.78 bits per heavy atom. The molecule has 36 heavy (non-hydrogen) atoms. The van der Waals surface area contributed by atoms with E-state index in [9.17, 15) is 4.39 Å². The second-order valence-electron chi connectivity index (χ2n) is 8.68. The van der Waals surface area contributed by atoms with Crippen molar-refractivity contribution in [3.63, 3.8) is 0 Å². The SMILES string of the molecule is Fc1ccc(-n2cc(CCN3CCC(c4c[nH]c5ccc(Cl)cc45)CC3)cn2)cc1.O=C(O)C(=O)O. The van der Waals surface area contributed by atoms with E-state index in [1.807, 2.05) is 23.1 Å². The molecule has 8 nitrogen and oxygen atoms in total. The third kappa shape index (κ3) is 6.30. The van der Waals surface area contributed by atoms with Crippen molar-refractivity contribution in [1.82, 2.24) is 19.7 Å². The molecule has 1 fully saturated rings. The summed E-state index contributed by atoms with van der Waals surface area (Å²) in [4.78, 5) is 24.1. The van der Waals surface area contributed by atoms with Crippen molar-refractivity contribution in [1.29, 1.82) is 0 Å². The van der Waals surface area contributed by atoms with E-state index >= 15 is 0 Å². The molecule has 0 radical (unpaired) electrons. The fraction of sp³-hybridized carbons (Fsp3) is 0.269. The zero-order valence-electron chi connectivity index (χ0n) is 19.4. The van der Waals surface area contributed by atoms with Gasteiger partial charge in [-0.05, 0) is 91.9 Å². The molecule has 2 aromatic heterocycles. The van der Waals surface area contributed by atoms with E-state index in [1.54, 1.807) is 12.1 Å². The first-order chi connectivity index (χ1) is 17.3. The first-order valence-corrected chi connectivity index (χ1v) is 11.9. The van der Waals surface area contributed by atoms with Crippen LogP contribution >= 0.6 is 11.6 Å². The Labute approximate surface area is 211 Å². The summed E-state index contributed by atoms with van der Waals surface area (Å²) in [5.74, 6) is -3.30. The van der Waals surface area contributed by atoms with Crippen LogP contribution < -0.4 is 0 Å². The molecule has 0 spiro atoms. The van der Waals surface area contributed by atoms with Crippen molar-refractivity contribution in [3.8, 4) is 5.69 Å². The minimum absolute atomic E-state index is 0.231. The molecule has 0 atom stereocenters. The number of likely N-dealkylation sites (tertiary alicyclic amines) is 1. The van der Waals surface area contributed by atoms with Gasteiger partial charge in [-0.15, -0.1) is 0 Å². The van der Waals surface area contributed by atoms with Crippen molar-refractivity contribution in [2.45, 2.75) is 25.2 Å². The number of hydrogen-bond donors (Lipinski definition) is 3. The first kappa shape index (κ1) is 25.4. The van der Waals surface area contributed by atoms with Gasteiger partial charge in [-0.1, -0.05) is 11.6 Å². The van der Waals surface area contributed by atoms with E-state index in [2.05, 4.69) is 33.3 Å². The molecule has 0 aliphatic carbocycles. The topological polar surface area (TPSA) is 111 Å². The summed E-state index contributed by atoms with van der Waals surface area (Å²) < 4.78 is 14.9. The number of fused-ring (bicyclic) bond motifs is 1. The van der Waals surface area contributed by atoms with Crippen molar-refractivity contribution in [2.24, 2.45) is 0 Å². The minimum Gasteiger partial charge on any atom is -0.473 e. The molecule has 2 aromatic carbocycles. The Morgan fingerprint density at radius 1 is 1.08 bits per heavy atom. The van der Waals surface area contributed by atoms with E-state index in [1.165, 1.54) is 28.6 Å². The predicted molar refractivity (Wildman–Crippen MR) is 134 cm³/mol. The number of halogens is 2. The molecule has 0 amide bonds. The van der Waals surface area contributed by atoms with Crippen LogP contribution in [-0.4, -0.2) is 61.5 Å². The minimum atomic E-state index is -1.82. The summed E-state index contributed by atoms with van der Waals surface area (Å²) in [5, 5.41) is 21.3. The smallest absolute Gasteiger partial charge is 0.414 e. The number of carbonyl (C=O) groups is 2. The largest absolute Gasteiger partial charge is 0.473 e. The number of aromatic nitrogens is 3. The average Bonchev–Trinajstić information content (AvgIpc) is 3.51. The van der Waals surface area contributed by atoms with Gasteiger partial charge in [0.2, 0.25) is 0 Å². The summed E-state index contributed by atoms with van der Waals surface area (Å²) in [7, 11) is 0. The third-order valence-corrected chi connectivity index (χ3v) is 6.57. The van der Waals surface area contributed by atoms with Crippen molar-refractivity contribution in [3.05, 3.63) is 83.0 Å². The highest BCUT2D eigenvalue weighted by Crippen LogP contribution is 2.34. The normalized spacial score (nSPS) is 14.4. The molecule has 1 aliphatic rings. The molecule has 5 rings (SSSR count). The van der Waals surface area contributed by atoms with Gasteiger partial charge < -0.3 is 20.1 Å². The Morgan fingerprint density at radius 3 is 2.44 bits per heavy atom. The second kappa shape index (κ2) is 11.4. The van der Waals surface area contributed by atoms with Gasteiger partial charge in [0, 0.05) is 34.9 Å². The van der Waals surface area contributed by atoms with E-state index < -0.39 is 11.9 Å². The lowest BCUT2D eigenvalue weighted by molar-refractivity contribution is -0.159. The lowest BCUT2D eigenvalue weighted by Gasteiger charge is -2.31. The summed E-state index contributed by atoms with van der Waals surface area (Å²) in [6.45, 7) is 3.23. The number of carboxylic acid groups (broad SMARTS) is 2. The number of hydrogen-bond acceptors (Lipinski definition) is 4. The Balaban J connectivity index is 0.000000455. The van der Waals surface area contributed by atoms with Crippen molar-refractivity contribution < 1.29 is 24.2 Å². The Hall–Kier alpha value is -3.69. The number of rotatable bonds is 5. The van der Waals surface area contributed by atoms with Gasteiger partial charge in [0.05, 0.1) is 11.9 Å². The van der Waals surface area contributed by atoms with Crippen LogP contribution in [0.1, 0.15) is 29.9 Å². The lowest BCUT2D eigenvalue weighted by atomic mass is 9.89. The molecule has 0 unspecified atom stereocenters. The summed E-state index contributed by atoms with van der Waals surface area (Å²) in [5.41, 5.74) is 4.64. The maximum Gasteiger partial charge on any atom is 0.414 e. The van der Waals surface area contributed by atoms with Gasteiger partial charge in [-0.2, -0.15) is 5.10 Å². The molecule has 4 aromatic rings. The van der Waals surface area contributed by atoms with Gasteiger partial charge in [-0.3, -0.25) is 0 Å². The second-order valence-corrected chi connectivity index (χ2v) is 9.12. The Bertz CT molecular complexity index is 1330. The summed E-state index contributed by atoms with van der Waals surface area (Å²) in [6.07, 6.45) is 9.39.